The second-order valence-electron chi connectivity index (χ2n) is 4.59. The lowest BCUT2D eigenvalue weighted by molar-refractivity contribution is 0.127. The SMILES string of the molecule is N/C(Cc1ccccc1)=N\OCCCOc1ccccc1. The van der Waals surface area contributed by atoms with Crippen LogP contribution in [0, 0.1) is 0 Å². The predicted octanol–water partition coefficient (Wildman–Crippen LogP) is 2.99. The van der Waals surface area contributed by atoms with Gasteiger partial charge in [-0.05, 0) is 17.7 Å². The molecule has 2 rings (SSSR count). The predicted molar refractivity (Wildman–Crippen MR) is 84.3 cm³/mol. The molecule has 0 heterocycles. The Morgan fingerprint density at radius 2 is 1.57 bits per heavy atom. The van der Waals surface area contributed by atoms with Crippen LogP contribution in [0.2, 0.25) is 0 Å². The maximum absolute atomic E-state index is 5.81. The largest absolute Gasteiger partial charge is 0.493 e. The van der Waals surface area contributed by atoms with Gasteiger partial charge in [0.05, 0.1) is 6.61 Å². The highest BCUT2D eigenvalue weighted by atomic mass is 16.6. The molecule has 110 valence electrons. The van der Waals surface area contributed by atoms with Crippen LogP contribution < -0.4 is 10.5 Å². The van der Waals surface area contributed by atoms with Crippen molar-refractivity contribution >= 4 is 5.84 Å². The van der Waals surface area contributed by atoms with Crippen LogP contribution in [0.1, 0.15) is 12.0 Å². The average molecular weight is 284 g/mol. The first kappa shape index (κ1) is 14.9. The third-order valence-electron chi connectivity index (χ3n) is 2.80. The zero-order valence-electron chi connectivity index (χ0n) is 11.9. The van der Waals surface area contributed by atoms with E-state index in [1.165, 1.54) is 0 Å². The number of hydrogen-bond acceptors (Lipinski definition) is 3. The zero-order valence-corrected chi connectivity index (χ0v) is 11.9. The van der Waals surface area contributed by atoms with E-state index >= 15 is 0 Å². The van der Waals surface area contributed by atoms with Crippen molar-refractivity contribution in [1.29, 1.82) is 0 Å². The van der Waals surface area contributed by atoms with E-state index in [4.69, 9.17) is 15.3 Å². The number of rotatable bonds is 8. The van der Waals surface area contributed by atoms with E-state index in [-0.39, 0.29) is 0 Å². The Labute approximate surface area is 125 Å². The molecule has 0 bridgehead atoms. The van der Waals surface area contributed by atoms with Crippen molar-refractivity contribution in [1.82, 2.24) is 0 Å². The summed E-state index contributed by atoms with van der Waals surface area (Å²) in [5.41, 5.74) is 6.93. The highest BCUT2D eigenvalue weighted by Crippen LogP contribution is 2.08. The molecule has 2 N–H and O–H groups in total. The molecule has 4 heteroatoms. The molecular weight excluding hydrogens is 264 g/mol. The fourth-order valence-electron chi connectivity index (χ4n) is 1.80. The average Bonchev–Trinajstić information content (AvgIpc) is 2.53. The van der Waals surface area contributed by atoms with E-state index < -0.39 is 0 Å². The second kappa shape index (κ2) is 8.64. The van der Waals surface area contributed by atoms with Crippen molar-refractivity contribution in [3.05, 3.63) is 66.2 Å². The Bertz CT molecular complexity index is 541. The summed E-state index contributed by atoms with van der Waals surface area (Å²) in [4.78, 5) is 5.19. The van der Waals surface area contributed by atoms with E-state index in [0.29, 0.717) is 25.5 Å². The summed E-state index contributed by atoms with van der Waals surface area (Å²) in [7, 11) is 0. The monoisotopic (exact) mass is 284 g/mol. The first-order chi connectivity index (χ1) is 10.3. The first-order valence-corrected chi connectivity index (χ1v) is 7.00. The van der Waals surface area contributed by atoms with Crippen LogP contribution in [0.15, 0.2) is 65.8 Å². The van der Waals surface area contributed by atoms with Crippen molar-refractivity contribution in [2.75, 3.05) is 13.2 Å². The summed E-state index contributed by atoms with van der Waals surface area (Å²) in [6.45, 7) is 1.08. The van der Waals surface area contributed by atoms with Crippen LogP contribution in [0.25, 0.3) is 0 Å². The molecule has 0 fully saturated rings. The Kier molecular flexibility index (Phi) is 6.13. The lowest BCUT2D eigenvalue weighted by atomic mass is 10.1. The summed E-state index contributed by atoms with van der Waals surface area (Å²) in [5.74, 6) is 1.34. The standard InChI is InChI=1S/C17H20N2O2/c18-17(14-15-8-3-1-4-9-15)19-21-13-7-12-20-16-10-5-2-6-11-16/h1-6,8-11H,7,12-14H2,(H2,18,19). The van der Waals surface area contributed by atoms with Crippen LogP contribution in [-0.2, 0) is 11.3 Å². The summed E-state index contributed by atoms with van der Waals surface area (Å²) < 4.78 is 5.55. The minimum Gasteiger partial charge on any atom is -0.493 e. The molecular formula is C17H20N2O2. The normalized spacial score (nSPS) is 11.1. The molecule has 0 unspecified atom stereocenters. The van der Waals surface area contributed by atoms with Gasteiger partial charge in [-0.15, -0.1) is 0 Å². The van der Waals surface area contributed by atoms with Gasteiger partial charge in [-0.25, -0.2) is 0 Å². The van der Waals surface area contributed by atoms with Crippen molar-refractivity contribution in [2.24, 2.45) is 10.9 Å². The molecule has 2 aromatic rings. The fraction of sp³-hybridized carbons (Fsp3) is 0.235. The van der Waals surface area contributed by atoms with Crippen molar-refractivity contribution in [2.45, 2.75) is 12.8 Å². The molecule has 0 radical (unpaired) electrons. The van der Waals surface area contributed by atoms with Crippen molar-refractivity contribution < 1.29 is 9.57 Å². The summed E-state index contributed by atoms with van der Waals surface area (Å²) in [6.07, 6.45) is 1.36. The van der Waals surface area contributed by atoms with Gasteiger partial charge >= 0.3 is 0 Å². The maximum atomic E-state index is 5.81. The number of benzene rings is 2. The molecule has 0 saturated heterocycles. The molecule has 0 spiro atoms. The van der Waals surface area contributed by atoms with Crippen LogP contribution in [0.3, 0.4) is 0 Å². The number of hydrogen-bond donors (Lipinski definition) is 1. The Balaban J connectivity index is 1.59. The van der Waals surface area contributed by atoms with Gasteiger partial charge in [0.25, 0.3) is 0 Å². The van der Waals surface area contributed by atoms with E-state index in [2.05, 4.69) is 5.16 Å². The summed E-state index contributed by atoms with van der Waals surface area (Å²) in [5, 5.41) is 3.90. The van der Waals surface area contributed by atoms with Crippen LogP contribution in [-0.4, -0.2) is 19.0 Å². The summed E-state index contributed by atoms with van der Waals surface area (Å²) >= 11 is 0. The zero-order chi connectivity index (χ0) is 14.8. The second-order valence-corrected chi connectivity index (χ2v) is 4.59. The molecule has 0 aliphatic carbocycles. The molecule has 2 aromatic carbocycles. The Hall–Kier alpha value is -2.49. The van der Waals surface area contributed by atoms with Crippen LogP contribution in [0.5, 0.6) is 5.75 Å². The quantitative estimate of drug-likeness (QED) is 0.351. The lowest BCUT2D eigenvalue weighted by Gasteiger charge is -2.05. The molecule has 4 nitrogen and oxygen atoms in total. The van der Waals surface area contributed by atoms with Crippen LogP contribution in [0.4, 0.5) is 0 Å². The number of para-hydroxylation sites is 1. The van der Waals surface area contributed by atoms with Gasteiger partial charge in [-0.2, -0.15) is 0 Å². The van der Waals surface area contributed by atoms with E-state index in [9.17, 15) is 0 Å². The number of oxime groups is 1. The minimum atomic E-state index is 0.477. The molecule has 0 saturated carbocycles. The highest BCUT2D eigenvalue weighted by Gasteiger charge is 1.97. The Morgan fingerprint density at radius 3 is 2.29 bits per heavy atom. The molecule has 0 aliphatic rings. The van der Waals surface area contributed by atoms with Gasteiger partial charge in [0, 0.05) is 12.8 Å². The highest BCUT2D eigenvalue weighted by molar-refractivity contribution is 5.82. The smallest absolute Gasteiger partial charge is 0.143 e. The molecule has 0 atom stereocenters. The van der Waals surface area contributed by atoms with E-state index in [0.717, 1.165) is 17.7 Å². The van der Waals surface area contributed by atoms with Crippen molar-refractivity contribution in [3.8, 4) is 5.75 Å². The van der Waals surface area contributed by atoms with Gasteiger partial charge in [0.1, 0.15) is 18.2 Å². The molecule has 0 aliphatic heterocycles. The molecule has 0 amide bonds. The molecule has 21 heavy (non-hydrogen) atoms. The summed E-state index contributed by atoms with van der Waals surface area (Å²) in [6, 6.07) is 19.6. The topological polar surface area (TPSA) is 56.8 Å². The third-order valence-corrected chi connectivity index (χ3v) is 2.80. The first-order valence-electron chi connectivity index (χ1n) is 7.00. The van der Waals surface area contributed by atoms with Gasteiger partial charge in [0.15, 0.2) is 0 Å². The number of ether oxygens (including phenoxy) is 1. The lowest BCUT2D eigenvalue weighted by Crippen LogP contribution is -2.15. The Morgan fingerprint density at radius 1 is 0.905 bits per heavy atom. The van der Waals surface area contributed by atoms with Crippen molar-refractivity contribution in [3.63, 3.8) is 0 Å². The number of amidine groups is 1. The van der Waals surface area contributed by atoms with Gasteiger partial charge in [-0.1, -0.05) is 53.7 Å². The van der Waals surface area contributed by atoms with Gasteiger partial charge in [-0.3, -0.25) is 0 Å². The fourth-order valence-corrected chi connectivity index (χ4v) is 1.80. The van der Waals surface area contributed by atoms with Gasteiger partial charge < -0.3 is 15.3 Å². The minimum absolute atomic E-state index is 0.477. The third kappa shape index (κ3) is 5.99. The van der Waals surface area contributed by atoms with Gasteiger partial charge in [0.2, 0.25) is 0 Å². The number of nitrogens with zero attached hydrogens (tertiary/aromatic N) is 1. The van der Waals surface area contributed by atoms with E-state index in [1.54, 1.807) is 0 Å². The molecule has 0 aromatic heterocycles. The number of nitrogens with two attached hydrogens (primary N) is 1. The maximum Gasteiger partial charge on any atom is 0.143 e. The van der Waals surface area contributed by atoms with Crippen LogP contribution >= 0.6 is 0 Å². The van der Waals surface area contributed by atoms with E-state index in [1.807, 2.05) is 60.7 Å².